The van der Waals surface area contributed by atoms with Crippen LogP contribution in [0.4, 0.5) is 4.39 Å². The molecule has 3 rings (SSSR count). The largest absolute Gasteiger partial charge is 0.350 e. The van der Waals surface area contributed by atoms with E-state index in [1.54, 1.807) is 17.0 Å². The Morgan fingerprint density at radius 2 is 2.00 bits per heavy atom. The molecule has 2 aromatic carbocycles. The summed E-state index contributed by atoms with van der Waals surface area (Å²) in [5.41, 5.74) is 0.750. The van der Waals surface area contributed by atoms with Gasteiger partial charge in [-0.3, -0.25) is 9.59 Å². The zero-order chi connectivity index (χ0) is 17.6. The highest BCUT2D eigenvalue weighted by molar-refractivity contribution is 8.00. The molecule has 1 aliphatic heterocycles. The van der Waals surface area contributed by atoms with Gasteiger partial charge in [-0.05, 0) is 29.8 Å². The number of hydrogen-bond acceptors (Lipinski definition) is 3. The highest BCUT2D eigenvalue weighted by Crippen LogP contribution is 2.18. The predicted octanol–water partition coefficient (Wildman–Crippen LogP) is 2.84. The first kappa shape index (κ1) is 17.5. The molecule has 0 saturated carbocycles. The maximum atomic E-state index is 13.2. The van der Waals surface area contributed by atoms with Crippen LogP contribution in [0.15, 0.2) is 59.5 Å². The molecule has 1 N–H and O–H groups in total. The Morgan fingerprint density at radius 3 is 2.76 bits per heavy atom. The molecule has 0 unspecified atom stereocenters. The number of hydrogen-bond donors (Lipinski definition) is 1. The fourth-order valence-corrected chi connectivity index (χ4v) is 3.54. The summed E-state index contributed by atoms with van der Waals surface area (Å²) in [7, 11) is 0. The van der Waals surface area contributed by atoms with E-state index in [-0.39, 0.29) is 30.1 Å². The van der Waals surface area contributed by atoms with Crippen molar-refractivity contribution < 1.29 is 14.0 Å². The van der Waals surface area contributed by atoms with Gasteiger partial charge in [0.1, 0.15) is 5.82 Å². The fraction of sp³-hybridized carbons (Fsp3) is 0.263. The molecule has 1 aliphatic rings. The Kier molecular flexibility index (Phi) is 5.71. The monoisotopic (exact) mass is 358 g/mol. The SMILES string of the molecule is O=C(CSc1ccccc1)N[C@H]1CC(=O)N(Cc2cccc(F)c2)C1. The standard InChI is InChI=1S/C19H19FN2O2S/c20-15-6-4-5-14(9-15)11-22-12-16(10-19(22)24)21-18(23)13-25-17-7-2-1-3-8-17/h1-9,16H,10-13H2,(H,21,23)/t16-/m0/s1. The molecule has 1 saturated heterocycles. The second-order valence-electron chi connectivity index (χ2n) is 5.97. The molecule has 2 amide bonds. The fourth-order valence-electron chi connectivity index (χ4n) is 2.81. The van der Waals surface area contributed by atoms with E-state index in [4.69, 9.17) is 0 Å². The van der Waals surface area contributed by atoms with E-state index in [9.17, 15) is 14.0 Å². The molecular weight excluding hydrogens is 339 g/mol. The minimum absolute atomic E-state index is 0.0229. The van der Waals surface area contributed by atoms with Crippen LogP contribution < -0.4 is 5.32 Å². The second-order valence-corrected chi connectivity index (χ2v) is 7.02. The van der Waals surface area contributed by atoms with Gasteiger partial charge in [-0.15, -0.1) is 11.8 Å². The van der Waals surface area contributed by atoms with Gasteiger partial charge in [-0.25, -0.2) is 4.39 Å². The lowest BCUT2D eigenvalue weighted by atomic mass is 10.2. The van der Waals surface area contributed by atoms with E-state index >= 15 is 0 Å². The molecule has 2 aromatic rings. The van der Waals surface area contributed by atoms with Crippen LogP contribution >= 0.6 is 11.8 Å². The van der Waals surface area contributed by atoms with Gasteiger partial charge in [0, 0.05) is 24.4 Å². The number of carbonyl (C=O) groups excluding carboxylic acids is 2. The molecule has 1 fully saturated rings. The number of rotatable bonds is 6. The highest BCUT2D eigenvalue weighted by Gasteiger charge is 2.30. The molecule has 0 bridgehead atoms. The van der Waals surface area contributed by atoms with E-state index in [0.29, 0.717) is 18.8 Å². The molecule has 0 spiro atoms. The highest BCUT2D eigenvalue weighted by atomic mass is 32.2. The molecular formula is C19H19FN2O2S. The van der Waals surface area contributed by atoms with Gasteiger partial charge in [0.15, 0.2) is 0 Å². The molecule has 130 valence electrons. The number of amides is 2. The molecule has 6 heteroatoms. The zero-order valence-corrected chi connectivity index (χ0v) is 14.5. The van der Waals surface area contributed by atoms with Crippen molar-refractivity contribution in [2.45, 2.75) is 23.9 Å². The van der Waals surface area contributed by atoms with Crippen molar-refractivity contribution in [3.05, 3.63) is 66.0 Å². The van der Waals surface area contributed by atoms with E-state index in [2.05, 4.69) is 5.32 Å². The summed E-state index contributed by atoms with van der Waals surface area (Å²) in [4.78, 5) is 26.9. The first-order valence-corrected chi connectivity index (χ1v) is 9.08. The molecule has 0 aliphatic carbocycles. The smallest absolute Gasteiger partial charge is 0.230 e. The van der Waals surface area contributed by atoms with E-state index in [1.807, 2.05) is 30.3 Å². The first-order valence-electron chi connectivity index (χ1n) is 8.09. The number of thioether (sulfide) groups is 1. The van der Waals surface area contributed by atoms with Crippen LogP contribution in [0.5, 0.6) is 0 Å². The van der Waals surface area contributed by atoms with Crippen LogP contribution in [0, 0.1) is 5.82 Å². The Balaban J connectivity index is 1.48. The van der Waals surface area contributed by atoms with Crippen molar-refractivity contribution in [2.24, 2.45) is 0 Å². The van der Waals surface area contributed by atoms with Crippen LogP contribution in [0.3, 0.4) is 0 Å². The van der Waals surface area contributed by atoms with Gasteiger partial charge in [0.2, 0.25) is 11.8 Å². The van der Waals surface area contributed by atoms with Gasteiger partial charge >= 0.3 is 0 Å². The Bertz CT molecular complexity index is 754. The van der Waals surface area contributed by atoms with Crippen molar-refractivity contribution in [2.75, 3.05) is 12.3 Å². The van der Waals surface area contributed by atoms with E-state index in [0.717, 1.165) is 10.5 Å². The van der Waals surface area contributed by atoms with Gasteiger partial charge in [-0.2, -0.15) is 0 Å². The van der Waals surface area contributed by atoms with Gasteiger partial charge < -0.3 is 10.2 Å². The van der Waals surface area contributed by atoms with Gasteiger partial charge in [0.25, 0.3) is 0 Å². The van der Waals surface area contributed by atoms with Crippen LogP contribution in [-0.4, -0.2) is 35.1 Å². The van der Waals surface area contributed by atoms with E-state index in [1.165, 1.54) is 23.9 Å². The van der Waals surface area contributed by atoms with Crippen molar-refractivity contribution >= 4 is 23.6 Å². The molecule has 0 aromatic heterocycles. The van der Waals surface area contributed by atoms with Crippen LogP contribution in [0.1, 0.15) is 12.0 Å². The topological polar surface area (TPSA) is 49.4 Å². The number of nitrogens with zero attached hydrogens (tertiary/aromatic N) is 1. The molecule has 4 nitrogen and oxygen atoms in total. The summed E-state index contributed by atoms with van der Waals surface area (Å²) in [6.45, 7) is 0.818. The molecule has 25 heavy (non-hydrogen) atoms. The number of likely N-dealkylation sites (tertiary alicyclic amines) is 1. The van der Waals surface area contributed by atoms with E-state index < -0.39 is 0 Å². The Hall–Kier alpha value is -2.34. The number of halogens is 1. The molecule has 1 atom stereocenters. The molecule has 0 radical (unpaired) electrons. The average Bonchev–Trinajstić information content (AvgIpc) is 2.93. The lowest BCUT2D eigenvalue weighted by Crippen LogP contribution is -2.38. The summed E-state index contributed by atoms with van der Waals surface area (Å²) >= 11 is 1.47. The molecule has 1 heterocycles. The van der Waals surface area contributed by atoms with Crippen LogP contribution in [0.25, 0.3) is 0 Å². The Morgan fingerprint density at radius 1 is 1.20 bits per heavy atom. The maximum absolute atomic E-state index is 13.2. The Labute approximate surface area is 150 Å². The third-order valence-corrected chi connectivity index (χ3v) is 4.97. The van der Waals surface area contributed by atoms with Crippen LogP contribution in [0.2, 0.25) is 0 Å². The first-order chi connectivity index (χ1) is 12.1. The quantitative estimate of drug-likeness (QED) is 0.808. The van der Waals surface area contributed by atoms with Crippen molar-refractivity contribution in [1.82, 2.24) is 10.2 Å². The summed E-state index contributed by atoms with van der Waals surface area (Å²) < 4.78 is 13.2. The number of carbonyl (C=O) groups is 2. The van der Waals surface area contributed by atoms with Gasteiger partial charge in [-0.1, -0.05) is 30.3 Å². The summed E-state index contributed by atoms with van der Waals surface area (Å²) in [6, 6.07) is 15.7. The summed E-state index contributed by atoms with van der Waals surface area (Å²) in [6.07, 6.45) is 0.289. The average molecular weight is 358 g/mol. The third-order valence-electron chi connectivity index (χ3n) is 3.96. The van der Waals surface area contributed by atoms with Gasteiger partial charge in [0.05, 0.1) is 11.8 Å². The second kappa shape index (κ2) is 8.16. The lowest BCUT2D eigenvalue weighted by Gasteiger charge is -2.17. The summed E-state index contributed by atoms with van der Waals surface area (Å²) in [5, 5.41) is 2.91. The van der Waals surface area contributed by atoms with Crippen molar-refractivity contribution in [3.8, 4) is 0 Å². The van der Waals surface area contributed by atoms with Crippen molar-refractivity contribution in [1.29, 1.82) is 0 Å². The maximum Gasteiger partial charge on any atom is 0.230 e. The minimum Gasteiger partial charge on any atom is -0.350 e. The zero-order valence-electron chi connectivity index (χ0n) is 13.7. The number of benzene rings is 2. The minimum atomic E-state index is -0.313. The summed E-state index contributed by atoms with van der Waals surface area (Å²) in [5.74, 6) is -0.102. The number of nitrogens with one attached hydrogen (secondary N) is 1. The third kappa shape index (κ3) is 5.06. The van der Waals surface area contributed by atoms with Crippen molar-refractivity contribution in [3.63, 3.8) is 0 Å². The normalized spacial score (nSPS) is 16.9. The lowest BCUT2D eigenvalue weighted by molar-refractivity contribution is -0.128. The predicted molar refractivity (Wildman–Crippen MR) is 95.5 cm³/mol. The van der Waals surface area contributed by atoms with Crippen LogP contribution in [-0.2, 0) is 16.1 Å².